The van der Waals surface area contributed by atoms with Gasteiger partial charge in [0.15, 0.2) is 5.83 Å². The van der Waals surface area contributed by atoms with Crippen LogP contribution in [0.4, 0.5) is 30.7 Å². The van der Waals surface area contributed by atoms with Crippen LogP contribution in [0.1, 0.15) is 0 Å². The molecule has 0 aromatic rings. The molecule has 0 bridgehead atoms. The minimum absolute atomic E-state index is 1.34. The Morgan fingerprint density at radius 3 is 1.73 bits per heavy atom. The molecule has 88 valence electrons. The Morgan fingerprint density at radius 1 is 0.933 bits per heavy atom. The van der Waals surface area contributed by atoms with Crippen molar-refractivity contribution in [3.8, 4) is 0 Å². The minimum Gasteiger partial charge on any atom is -0.356 e. The molecule has 0 atom stereocenters. The third-order valence-electron chi connectivity index (χ3n) is 1.90. The van der Waals surface area contributed by atoms with Gasteiger partial charge in [0.2, 0.25) is 0 Å². The molecule has 15 heavy (non-hydrogen) atoms. The van der Waals surface area contributed by atoms with Crippen molar-refractivity contribution in [2.75, 3.05) is 0 Å². The molecule has 0 aliphatic heterocycles. The van der Waals surface area contributed by atoms with E-state index in [-0.39, 0.29) is 0 Å². The van der Waals surface area contributed by atoms with E-state index in [0.717, 1.165) is 0 Å². The average molecular weight is 240 g/mol. The first-order valence-corrected chi connectivity index (χ1v) is 3.35. The van der Waals surface area contributed by atoms with Crippen LogP contribution in [0.5, 0.6) is 0 Å². The number of hydrogen-bond donors (Lipinski definition) is 2. The van der Waals surface area contributed by atoms with Crippen molar-refractivity contribution < 1.29 is 40.9 Å². The maximum Gasteiger partial charge on any atom is 0.372 e. The van der Waals surface area contributed by atoms with Crippen LogP contribution >= 0.6 is 0 Å². The van der Waals surface area contributed by atoms with E-state index in [9.17, 15) is 30.7 Å². The van der Waals surface area contributed by atoms with Crippen molar-refractivity contribution in [3.63, 3.8) is 0 Å². The molecule has 0 fully saturated rings. The minimum atomic E-state index is -5.90. The van der Waals surface area contributed by atoms with Gasteiger partial charge in [0.05, 0.1) is 0 Å². The van der Waals surface area contributed by atoms with Crippen LogP contribution in [0, 0.1) is 0 Å². The molecular weight excluding hydrogens is 237 g/mol. The highest BCUT2D eigenvalue weighted by Gasteiger charge is 2.81. The standard InChI is InChI=1S/C6H3F7O2/c7-2-1-3(8,9)5(12,13)6(14,15)4(2,10)11/h1,14-15H. The molecule has 1 aliphatic rings. The van der Waals surface area contributed by atoms with Crippen LogP contribution in [0.15, 0.2) is 11.9 Å². The number of alkyl halides is 6. The summed E-state index contributed by atoms with van der Waals surface area (Å²) in [6.45, 7) is 0. The highest BCUT2D eigenvalue weighted by Crippen LogP contribution is 2.55. The highest BCUT2D eigenvalue weighted by molar-refractivity contribution is 5.26. The Kier molecular flexibility index (Phi) is 2.16. The SMILES string of the molecule is OC1(O)C(F)(F)C(F)=CC(F)(F)C1(F)F. The third kappa shape index (κ3) is 1.19. The molecule has 0 aromatic carbocycles. The topological polar surface area (TPSA) is 40.5 Å². The molecule has 1 aliphatic carbocycles. The van der Waals surface area contributed by atoms with Gasteiger partial charge in [-0.25, -0.2) is 4.39 Å². The predicted octanol–water partition coefficient (Wildman–Crippen LogP) is 1.44. The normalized spacial score (nSPS) is 30.9. The molecule has 1 rings (SSSR count). The fourth-order valence-corrected chi connectivity index (χ4v) is 0.937. The van der Waals surface area contributed by atoms with Gasteiger partial charge in [0.1, 0.15) is 0 Å². The molecule has 2 N–H and O–H groups in total. The van der Waals surface area contributed by atoms with Crippen LogP contribution in [0.25, 0.3) is 0 Å². The number of aliphatic hydroxyl groups is 2. The quantitative estimate of drug-likeness (QED) is 0.496. The van der Waals surface area contributed by atoms with E-state index in [0.29, 0.717) is 0 Å². The molecule has 0 unspecified atom stereocenters. The van der Waals surface area contributed by atoms with Gasteiger partial charge in [-0.3, -0.25) is 0 Å². The second kappa shape index (κ2) is 2.64. The summed E-state index contributed by atoms with van der Waals surface area (Å²) in [5.74, 6) is -25.3. The summed E-state index contributed by atoms with van der Waals surface area (Å²) < 4.78 is 86.9. The van der Waals surface area contributed by atoms with Crippen molar-refractivity contribution in [3.05, 3.63) is 11.9 Å². The summed E-state index contributed by atoms with van der Waals surface area (Å²) in [4.78, 5) is 0. The summed E-state index contributed by atoms with van der Waals surface area (Å²) in [7, 11) is 0. The molecule has 0 amide bonds. The van der Waals surface area contributed by atoms with Gasteiger partial charge in [0, 0.05) is 6.08 Å². The second-order valence-corrected chi connectivity index (χ2v) is 2.94. The second-order valence-electron chi connectivity index (χ2n) is 2.94. The lowest BCUT2D eigenvalue weighted by molar-refractivity contribution is -0.415. The van der Waals surface area contributed by atoms with E-state index in [1.54, 1.807) is 0 Å². The van der Waals surface area contributed by atoms with Gasteiger partial charge in [-0.1, -0.05) is 0 Å². The predicted molar refractivity (Wildman–Crippen MR) is 31.2 cm³/mol. The van der Waals surface area contributed by atoms with E-state index in [2.05, 4.69) is 0 Å². The van der Waals surface area contributed by atoms with E-state index in [1.807, 2.05) is 0 Å². The number of rotatable bonds is 0. The Labute approximate surface area is 77.6 Å². The van der Waals surface area contributed by atoms with Crippen molar-refractivity contribution in [1.29, 1.82) is 0 Å². The molecule has 0 spiro atoms. The zero-order valence-electron chi connectivity index (χ0n) is 6.62. The molecule has 0 saturated heterocycles. The van der Waals surface area contributed by atoms with Gasteiger partial charge in [-0.15, -0.1) is 0 Å². The summed E-state index contributed by atoms with van der Waals surface area (Å²) in [5.41, 5.74) is 0. The van der Waals surface area contributed by atoms with Gasteiger partial charge < -0.3 is 10.2 Å². The molecule has 0 aromatic heterocycles. The maximum atomic E-state index is 12.5. The van der Waals surface area contributed by atoms with Crippen LogP contribution in [0.3, 0.4) is 0 Å². The Hall–Kier alpha value is -0.830. The van der Waals surface area contributed by atoms with E-state index < -0.39 is 35.5 Å². The monoisotopic (exact) mass is 240 g/mol. The number of halogens is 7. The molecular formula is C6H3F7O2. The highest BCUT2D eigenvalue weighted by atomic mass is 19.3. The Morgan fingerprint density at radius 2 is 1.33 bits per heavy atom. The summed E-state index contributed by atoms with van der Waals surface area (Å²) in [5, 5.41) is 16.5. The first kappa shape index (κ1) is 12.2. The lowest BCUT2D eigenvalue weighted by Gasteiger charge is -2.41. The first-order valence-electron chi connectivity index (χ1n) is 3.35. The Balaban J connectivity index is 3.49. The molecule has 9 heteroatoms. The molecule has 0 radical (unpaired) electrons. The van der Waals surface area contributed by atoms with Gasteiger partial charge in [-0.05, 0) is 0 Å². The molecule has 0 saturated carbocycles. The van der Waals surface area contributed by atoms with Crippen molar-refractivity contribution in [2.45, 2.75) is 23.6 Å². The molecule has 2 nitrogen and oxygen atoms in total. The van der Waals surface area contributed by atoms with Gasteiger partial charge >= 0.3 is 23.6 Å². The zero-order valence-corrected chi connectivity index (χ0v) is 6.62. The van der Waals surface area contributed by atoms with Crippen molar-refractivity contribution >= 4 is 0 Å². The van der Waals surface area contributed by atoms with Crippen LogP contribution < -0.4 is 0 Å². The van der Waals surface area contributed by atoms with Gasteiger partial charge in [0.25, 0.3) is 0 Å². The molecule has 0 heterocycles. The van der Waals surface area contributed by atoms with Crippen LogP contribution in [-0.4, -0.2) is 33.8 Å². The summed E-state index contributed by atoms with van der Waals surface area (Å²) >= 11 is 0. The van der Waals surface area contributed by atoms with Crippen molar-refractivity contribution in [2.24, 2.45) is 0 Å². The maximum absolute atomic E-state index is 12.5. The number of allylic oxidation sites excluding steroid dienone is 1. The summed E-state index contributed by atoms with van der Waals surface area (Å²) in [6.07, 6.45) is -1.34. The van der Waals surface area contributed by atoms with E-state index in [1.165, 1.54) is 0 Å². The zero-order chi connectivity index (χ0) is 12.3. The van der Waals surface area contributed by atoms with E-state index in [4.69, 9.17) is 10.2 Å². The number of hydrogen-bond acceptors (Lipinski definition) is 2. The lowest BCUT2D eigenvalue weighted by Crippen LogP contribution is -2.69. The smallest absolute Gasteiger partial charge is 0.356 e. The fourth-order valence-electron chi connectivity index (χ4n) is 0.937. The first-order chi connectivity index (χ1) is 6.38. The fraction of sp³-hybridized carbons (Fsp3) is 0.667. The third-order valence-corrected chi connectivity index (χ3v) is 1.90. The summed E-state index contributed by atoms with van der Waals surface area (Å²) in [6, 6.07) is 0. The Bertz CT molecular complexity index is 319. The van der Waals surface area contributed by atoms with Gasteiger partial charge in [-0.2, -0.15) is 26.3 Å². The van der Waals surface area contributed by atoms with Crippen LogP contribution in [0.2, 0.25) is 0 Å². The average Bonchev–Trinajstić information content (AvgIpc) is 2.00. The largest absolute Gasteiger partial charge is 0.372 e. The lowest BCUT2D eigenvalue weighted by atomic mass is 9.89. The van der Waals surface area contributed by atoms with E-state index >= 15 is 0 Å². The van der Waals surface area contributed by atoms with Crippen LogP contribution in [-0.2, 0) is 0 Å². The van der Waals surface area contributed by atoms with Crippen molar-refractivity contribution in [1.82, 2.24) is 0 Å².